The Morgan fingerprint density at radius 1 is 1.62 bits per heavy atom. The zero-order valence-electron chi connectivity index (χ0n) is 7.36. The van der Waals surface area contributed by atoms with Gasteiger partial charge in [0, 0.05) is 4.91 Å². The SMILES string of the molecule is C.CCC[C@H](N=[N+]=[N-])C(=O)OCC. The molecule has 0 fully saturated rings. The molecule has 0 amide bonds. The van der Waals surface area contributed by atoms with Crippen LogP contribution >= 0.6 is 0 Å². The Morgan fingerprint density at radius 3 is 2.62 bits per heavy atom. The van der Waals surface area contributed by atoms with Crippen LogP contribution in [-0.4, -0.2) is 18.6 Å². The van der Waals surface area contributed by atoms with Gasteiger partial charge in [-0.2, -0.15) is 0 Å². The third-order valence-corrected chi connectivity index (χ3v) is 1.31. The number of hydrogen-bond acceptors (Lipinski definition) is 3. The molecule has 0 aliphatic heterocycles. The fourth-order valence-corrected chi connectivity index (χ4v) is 0.797. The fraction of sp³-hybridized carbons (Fsp3) is 0.875. The van der Waals surface area contributed by atoms with Crippen molar-refractivity contribution in [3.63, 3.8) is 0 Å². The van der Waals surface area contributed by atoms with Crippen LogP contribution in [0.15, 0.2) is 5.11 Å². The van der Waals surface area contributed by atoms with E-state index in [2.05, 4.69) is 10.0 Å². The number of carbonyl (C=O) groups excluding carboxylic acids is 1. The molecular formula is C8H17N3O2. The van der Waals surface area contributed by atoms with Crippen LogP contribution in [-0.2, 0) is 9.53 Å². The van der Waals surface area contributed by atoms with E-state index in [0.717, 1.165) is 6.42 Å². The predicted octanol–water partition coefficient (Wildman–Crippen LogP) is 2.66. The molecule has 0 heterocycles. The average molecular weight is 187 g/mol. The Labute approximate surface area is 78.7 Å². The first kappa shape index (κ1) is 14.3. The quantitative estimate of drug-likeness (QED) is 0.287. The van der Waals surface area contributed by atoms with Crippen molar-refractivity contribution in [3.05, 3.63) is 10.4 Å². The van der Waals surface area contributed by atoms with E-state index in [4.69, 9.17) is 10.3 Å². The summed E-state index contributed by atoms with van der Waals surface area (Å²) < 4.78 is 4.71. The number of nitrogens with zero attached hydrogens (tertiary/aromatic N) is 3. The molecule has 0 radical (unpaired) electrons. The number of rotatable bonds is 5. The van der Waals surface area contributed by atoms with Gasteiger partial charge in [-0.25, -0.2) is 0 Å². The van der Waals surface area contributed by atoms with E-state index in [1.54, 1.807) is 6.92 Å². The van der Waals surface area contributed by atoms with Gasteiger partial charge in [0.05, 0.1) is 6.61 Å². The Balaban J connectivity index is 0. The van der Waals surface area contributed by atoms with Crippen molar-refractivity contribution in [2.24, 2.45) is 5.11 Å². The van der Waals surface area contributed by atoms with Crippen LogP contribution in [0.2, 0.25) is 0 Å². The first-order chi connectivity index (χ1) is 5.76. The second-order valence-electron chi connectivity index (χ2n) is 2.26. The van der Waals surface area contributed by atoms with Crippen molar-refractivity contribution in [1.29, 1.82) is 0 Å². The summed E-state index contributed by atoms with van der Waals surface area (Å²) in [5, 5.41) is 3.34. The van der Waals surface area contributed by atoms with E-state index in [9.17, 15) is 4.79 Å². The monoisotopic (exact) mass is 187 g/mol. The Kier molecular flexibility index (Phi) is 9.77. The van der Waals surface area contributed by atoms with E-state index in [1.165, 1.54) is 0 Å². The van der Waals surface area contributed by atoms with E-state index in [-0.39, 0.29) is 7.43 Å². The van der Waals surface area contributed by atoms with E-state index in [1.807, 2.05) is 6.92 Å². The zero-order valence-corrected chi connectivity index (χ0v) is 7.36. The molecule has 0 unspecified atom stereocenters. The summed E-state index contributed by atoms with van der Waals surface area (Å²) >= 11 is 0. The molecule has 0 N–H and O–H groups in total. The van der Waals surface area contributed by atoms with Gasteiger partial charge < -0.3 is 4.74 Å². The predicted molar refractivity (Wildman–Crippen MR) is 51.2 cm³/mol. The maximum atomic E-state index is 11.0. The molecule has 0 spiro atoms. The fourth-order valence-electron chi connectivity index (χ4n) is 0.797. The highest BCUT2D eigenvalue weighted by atomic mass is 16.5. The molecule has 5 nitrogen and oxygen atoms in total. The van der Waals surface area contributed by atoms with Crippen LogP contribution in [0.5, 0.6) is 0 Å². The van der Waals surface area contributed by atoms with Crippen LogP contribution < -0.4 is 0 Å². The Bertz CT molecular complexity index is 188. The van der Waals surface area contributed by atoms with Crippen LogP contribution in [0, 0.1) is 0 Å². The Hall–Kier alpha value is -1.22. The minimum atomic E-state index is -0.653. The minimum absolute atomic E-state index is 0. The van der Waals surface area contributed by atoms with E-state index in [0.29, 0.717) is 13.0 Å². The number of carbonyl (C=O) groups is 1. The van der Waals surface area contributed by atoms with Gasteiger partial charge in [0.25, 0.3) is 0 Å². The standard InChI is InChI=1S/C7H13N3O2.CH4/c1-3-5-6(9-10-8)7(11)12-4-2;/h6H,3-5H2,1-2H3;1H4/t6-;/m0./s1. The highest BCUT2D eigenvalue weighted by molar-refractivity contribution is 5.75. The smallest absolute Gasteiger partial charge is 0.314 e. The maximum absolute atomic E-state index is 11.0. The third kappa shape index (κ3) is 5.99. The zero-order chi connectivity index (χ0) is 9.40. The molecule has 5 heteroatoms. The lowest BCUT2D eigenvalue weighted by Gasteiger charge is -2.07. The molecule has 0 aromatic carbocycles. The van der Waals surface area contributed by atoms with Gasteiger partial charge in [-0.15, -0.1) is 0 Å². The van der Waals surface area contributed by atoms with Gasteiger partial charge in [0.15, 0.2) is 0 Å². The summed E-state index contributed by atoms with van der Waals surface area (Å²) in [4.78, 5) is 13.6. The average Bonchev–Trinajstić information content (AvgIpc) is 2.04. The third-order valence-electron chi connectivity index (χ3n) is 1.31. The molecule has 0 bridgehead atoms. The van der Waals surface area contributed by atoms with Crippen molar-refractivity contribution >= 4 is 5.97 Å². The molecular weight excluding hydrogens is 170 g/mol. The maximum Gasteiger partial charge on any atom is 0.314 e. The summed E-state index contributed by atoms with van der Waals surface area (Å²) in [6, 6.07) is -0.653. The van der Waals surface area contributed by atoms with Crippen molar-refractivity contribution in [1.82, 2.24) is 0 Å². The van der Waals surface area contributed by atoms with Gasteiger partial charge in [-0.1, -0.05) is 25.9 Å². The first-order valence-corrected chi connectivity index (χ1v) is 3.97. The van der Waals surface area contributed by atoms with Gasteiger partial charge in [-0.3, -0.25) is 4.79 Å². The molecule has 0 saturated carbocycles. The summed E-state index contributed by atoms with van der Waals surface area (Å²) in [5.41, 5.74) is 8.13. The summed E-state index contributed by atoms with van der Waals surface area (Å²) in [7, 11) is 0. The van der Waals surface area contributed by atoms with Crippen molar-refractivity contribution in [3.8, 4) is 0 Å². The lowest BCUT2D eigenvalue weighted by atomic mass is 10.2. The minimum Gasteiger partial charge on any atom is -0.466 e. The van der Waals surface area contributed by atoms with Gasteiger partial charge in [0.1, 0.15) is 6.04 Å². The summed E-state index contributed by atoms with van der Waals surface area (Å²) in [6.45, 7) is 3.95. The van der Waals surface area contributed by atoms with Gasteiger partial charge in [-0.05, 0) is 18.9 Å². The number of ether oxygens (including phenoxy) is 1. The highest BCUT2D eigenvalue weighted by Gasteiger charge is 2.16. The van der Waals surface area contributed by atoms with Gasteiger partial charge >= 0.3 is 5.97 Å². The number of hydrogen-bond donors (Lipinski definition) is 0. The topological polar surface area (TPSA) is 75.1 Å². The Morgan fingerprint density at radius 2 is 2.23 bits per heavy atom. The number of azide groups is 1. The van der Waals surface area contributed by atoms with E-state index < -0.39 is 12.0 Å². The summed E-state index contributed by atoms with van der Waals surface area (Å²) in [5.74, 6) is -0.433. The van der Waals surface area contributed by atoms with Crippen molar-refractivity contribution in [2.45, 2.75) is 40.2 Å². The van der Waals surface area contributed by atoms with Crippen LogP contribution in [0.1, 0.15) is 34.1 Å². The second-order valence-corrected chi connectivity index (χ2v) is 2.26. The molecule has 0 aromatic heterocycles. The molecule has 76 valence electrons. The molecule has 0 saturated heterocycles. The largest absolute Gasteiger partial charge is 0.466 e. The van der Waals surface area contributed by atoms with Crippen LogP contribution in [0.25, 0.3) is 10.4 Å². The van der Waals surface area contributed by atoms with Gasteiger partial charge in [0.2, 0.25) is 0 Å². The molecule has 0 rings (SSSR count). The normalized spacial score (nSPS) is 10.6. The van der Waals surface area contributed by atoms with Crippen molar-refractivity contribution in [2.75, 3.05) is 6.61 Å². The first-order valence-electron chi connectivity index (χ1n) is 3.97. The van der Waals surface area contributed by atoms with E-state index >= 15 is 0 Å². The molecule has 0 aliphatic rings. The lowest BCUT2D eigenvalue weighted by Crippen LogP contribution is -2.20. The molecule has 1 atom stereocenters. The van der Waals surface area contributed by atoms with Crippen LogP contribution in [0.4, 0.5) is 0 Å². The highest BCUT2D eigenvalue weighted by Crippen LogP contribution is 2.04. The molecule has 13 heavy (non-hydrogen) atoms. The molecule has 0 aliphatic carbocycles. The second kappa shape index (κ2) is 8.87. The van der Waals surface area contributed by atoms with Crippen LogP contribution in [0.3, 0.4) is 0 Å². The summed E-state index contributed by atoms with van der Waals surface area (Å²) in [6.07, 6.45) is 1.34. The van der Waals surface area contributed by atoms with Crippen molar-refractivity contribution < 1.29 is 9.53 Å². The number of esters is 1. The molecule has 0 aromatic rings. The lowest BCUT2D eigenvalue weighted by molar-refractivity contribution is -0.144.